The van der Waals surface area contributed by atoms with Gasteiger partial charge in [0, 0.05) is 12.3 Å². The quantitative estimate of drug-likeness (QED) is 0.812. The molecule has 0 saturated heterocycles. The summed E-state index contributed by atoms with van der Waals surface area (Å²) >= 11 is 0. The average Bonchev–Trinajstić information content (AvgIpc) is 2.96. The summed E-state index contributed by atoms with van der Waals surface area (Å²) in [6, 6.07) is 0. The van der Waals surface area contributed by atoms with E-state index >= 15 is 0 Å². The lowest BCUT2D eigenvalue weighted by Crippen LogP contribution is -2.24. The predicted molar refractivity (Wildman–Crippen MR) is 66.7 cm³/mol. The third-order valence-electron chi connectivity index (χ3n) is 2.98. The fourth-order valence-electron chi connectivity index (χ4n) is 1.93. The number of carbonyl (C=O) groups excluding carboxylic acids is 1. The standard InChI is InChI=1S/C13H19N3O2/c1-9(2)13-15-11(16-18-13)8-14-12(17)7-10-5-3-4-6-10/h3,5,9-10H,4,6-8H2,1-2H3,(H,14,17). The van der Waals surface area contributed by atoms with E-state index in [9.17, 15) is 4.79 Å². The van der Waals surface area contributed by atoms with Crippen molar-refractivity contribution in [2.45, 2.75) is 45.6 Å². The number of allylic oxidation sites excluding steroid dienone is 2. The van der Waals surface area contributed by atoms with E-state index in [0.717, 1.165) is 12.8 Å². The molecule has 1 aromatic heterocycles. The zero-order valence-corrected chi connectivity index (χ0v) is 10.8. The Labute approximate surface area is 107 Å². The monoisotopic (exact) mass is 249 g/mol. The molecule has 5 heteroatoms. The number of aromatic nitrogens is 2. The molecule has 0 bridgehead atoms. The molecule has 1 amide bonds. The van der Waals surface area contributed by atoms with Crippen LogP contribution < -0.4 is 5.32 Å². The highest BCUT2D eigenvalue weighted by Gasteiger charge is 2.15. The van der Waals surface area contributed by atoms with Crippen LogP contribution >= 0.6 is 0 Å². The second-order valence-electron chi connectivity index (χ2n) is 4.95. The van der Waals surface area contributed by atoms with Gasteiger partial charge in [-0.1, -0.05) is 31.2 Å². The van der Waals surface area contributed by atoms with E-state index < -0.39 is 0 Å². The summed E-state index contributed by atoms with van der Waals surface area (Å²) in [5.41, 5.74) is 0. The summed E-state index contributed by atoms with van der Waals surface area (Å²) in [5, 5.41) is 6.65. The molecule has 0 spiro atoms. The Morgan fingerprint density at radius 1 is 1.61 bits per heavy atom. The lowest BCUT2D eigenvalue weighted by molar-refractivity contribution is -0.121. The molecule has 1 aliphatic carbocycles. The maximum atomic E-state index is 11.7. The first-order valence-electron chi connectivity index (χ1n) is 6.41. The first-order valence-corrected chi connectivity index (χ1v) is 6.41. The van der Waals surface area contributed by atoms with Crippen LogP contribution in [0.3, 0.4) is 0 Å². The van der Waals surface area contributed by atoms with Gasteiger partial charge in [-0.15, -0.1) is 0 Å². The van der Waals surface area contributed by atoms with Crippen LogP contribution in [0.5, 0.6) is 0 Å². The number of hydrogen-bond acceptors (Lipinski definition) is 4. The van der Waals surface area contributed by atoms with Crippen molar-refractivity contribution in [1.29, 1.82) is 0 Å². The number of nitrogens with zero attached hydrogens (tertiary/aromatic N) is 2. The van der Waals surface area contributed by atoms with Crippen molar-refractivity contribution in [2.24, 2.45) is 5.92 Å². The Hall–Kier alpha value is -1.65. The third kappa shape index (κ3) is 3.42. The minimum atomic E-state index is 0.0439. The van der Waals surface area contributed by atoms with E-state index in [1.807, 2.05) is 13.8 Å². The zero-order chi connectivity index (χ0) is 13.0. The Balaban J connectivity index is 1.76. The van der Waals surface area contributed by atoms with Gasteiger partial charge >= 0.3 is 0 Å². The molecule has 1 atom stereocenters. The molecule has 1 unspecified atom stereocenters. The van der Waals surface area contributed by atoms with Gasteiger partial charge in [0.2, 0.25) is 11.8 Å². The van der Waals surface area contributed by atoms with Crippen molar-refractivity contribution in [3.8, 4) is 0 Å². The summed E-state index contributed by atoms with van der Waals surface area (Å²) in [6.07, 6.45) is 6.95. The van der Waals surface area contributed by atoms with Gasteiger partial charge in [0.25, 0.3) is 0 Å². The normalized spacial score (nSPS) is 18.5. The van der Waals surface area contributed by atoms with E-state index in [4.69, 9.17) is 4.52 Å². The molecule has 1 aromatic rings. The van der Waals surface area contributed by atoms with Crippen LogP contribution in [0.1, 0.15) is 50.7 Å². The van der Waals surface area contributed by atoms with Crippen LogP contribution in [0, 0.1) is 5.92 Å². The van der Waals surface area contributed by atoms with Gasteiger partial charge in [0.1, 0.15) is 0 Å². The number of hydrogen-bond donors (Lipinski definition) is 1. The molecule has 0 aliphatic heterocycles. The number of nitrogens with one attached hydrogen (secondary N) is 1. The van der Waals surface area contributed by atoms with E-state index in [0.29, 0.717) is 30.6 Å². The molecule has 5 nitrogen and oxygen atoms in total. The molecule has 18 heavy (non-hydrogen) atoms. The SMILES string of the molecule is CC(C)c1nc(CNC(=O)CC2C=CCC2)no1. The smallest absolute Gasteiger partial charge is 0.229 e. The topological polar surface area (TPSA) is 68.0 Å². The Morgan fingerprint density at radius 3 is 3.06 bits per heavy atom. The molecule has 2 rings (SSSR count). The van der Waals surface area contributed by atoms with Crippen molar-refractivity contribution in [3.63, 3.8) is 0 Å². The molecule has 0 fully saturated rings. The largest absolute Gasteiger partial charge is 0.349 e. The fourth-order valence-corrected chi connectivity index (χ4v) is 1.93. The van der Waals surface area contributed by atoms with Crippen LogP contribution in [0.4, 0.5) is 0 Å². The maximum absolute atomic E-state index is 11.7. The van der Waals surface area contributed by atoms with Crippen LogP contribution in [-0.4, -0.2) is 16.0 Å². The average molecular weight is 249 g/mol. The number of carbonyl (C=O) groups is 1. The lowest BCUT2D eigenvalue weighted by Gasteiger charge is -2.06. The number of rotatable bonds is 5. The summed E-state index contributed by atoms with van der Waals surface area (Å²) in [4.78, 5) is 15.9. The first-order chi connectivity index (χ1) is 8.65. The highest BCUT2D eigenvalue weighted by molar-refractivity contribution is 5.76. The van der Waals surface area contributed by atoms with Crippen molar-refractivity contribution in [1.82, 2.24) is 15.5 Å². The van der Waals surface area contributed by atoms with E-state index in [2.05, 4.69) is 27.6 Å². The molecule has 0 saturated carbocycles. The molecule has 0 radical (unpaired) electrons. The van der Waals surface area contributed by atoms with Crippen LogP contribution in [0.25, 0.3) is 0 Å². The predicted octanol–water partition coefficient (Wildman–Crippen LogP) is 2.17. The first kappa shape index (κ1) is 12.8. The zero-order valence-electron chi connectivity index (χ0n) is 10.8. The van der Waals surface area contributed by atoms with Crippen LogP contribution in [0.2, 0.25) is 0 Å². The highest BCUT2D eigenvalue weighted by Crippen LogP contribution is 2.20. The van der Waals surface area contributed by atoms with Crippen molar-refractivity contribution in [2.75, 3.05) is 0 Å². The van der Waals surface area contributed by atoms with Gasteiger partial charge in [-0.2, -0.15) is 4.98 Å². The summed E-state index contributed by atoms with van der Waals surface area (Å²) in [7, 11) is 0. The molecule has 1 N–H and O–H groups in total. The third-order valence-corrected chi connectivity index (χ3v) is 2.98. The van der Waals surface area contributed by atoms with Gasteiger partial charge in [-0.25, -0.2) is 0 Å². The molecule has 98 valence electrons. The van der Waals surface area contributed by atoms with E-state index in [1.54, 1.807) is 0 Å². The van der Waals surface area contributed by atoms with Gasteiger partial charge in [-0.3, -0.25) is 4.79 Å². The second kappa shape index (κ2) is 5.80. The minimum absolute atomic E-state index is 0.0439. The molecular formula is C13H19N3O2. The molecule has 0 aromatic carbocycles. The molecular weight excluding hydrogens is 230 g/mol. The minimum Gasteiger partial charge on any atom is -0.349 e. The fraction of sp³-hybridized carbons (Fsp3) is 0.615. The summed E-state index contributed by atoms with van der Waals surface area (Å²) in [5.74, 6) is 1.79. The maximum Gasteiger partial charge on any atom is 0.229 e. The van der Waals surface area contributed by atoms with Crippen molar-refractivity contribution < 1.29 is 9.32 Å². The van der Waals surface area contributed by atoms with Crippen LogP contribution in [-0.2, 0) is 11.3 Å². The summed E-state index contributed by atoms with van der Waals surface area (Å²) < 4.78 is 5.07. The van der Waals surface area contributed by atoms with Crippen LogP contribution in [0.15, 0.2) is 16.7 Å². The van der Waals surface area contributed by atoms with E-state index in [-0.39, 0.29) is 11.8 Å². The van der Waals surface area contributed by atoms with Crippen molar-refractivity contribution in [3.05, 3.63) is 23.9 Å². The Morgan fingerprint density at radius 2 is 2.44 bits per heavy atom. The Bertz CT molecular complexity index is 437. The van der Waals surface area contributed by atoms with Gasteiger partial charge in [0.15, 0.2) is 5.82 Å². The Kier molecular flexibility index (Phi) is 4.12. The van der Waals surface area contributed by atoms with Gasteiger partial charge < -0.3 is 9.84 Å². The lowest BCUT2D eigenvalue weighted by atomic mass is 10.1. The van der Waals surface area contributed by atoms with Crippen molar-refractivity contribution >= 4 is 5.91 Å². The van der Waals surface area contributed by atoms with E-state index in [1.165, 1.54) is 0 Å². The van der Waals surface area contributed by atoms with Gasteiger partial charge in [-0.05, 0) is 18.8 Å². The second-order valence-corrected chi connectivity index (χ2v) is 4.95. The summed E-state index contributed by atoms with van der Waals surface area (Å²) in [6.45, 7) is 4.32. The molecule has 1 heterocycles. The highest BCUT2D eigenvalue weighted by atomic mass is 16.5. The molecule has 1 aliphatic rings. The van der Waals surface area contributed by atoms with Gasteiger partial charge in [0.05, 0.1) is 6.54 Å². The number of amides is 1.